The van der Waals surface area contributed by atoms with Crippen molar-refractivity contribution >= 4 is 32.9 Å². The number of nitrogens with zero attached hydrogens (tertiary/aromatic N) is 2. The molecule has 2 heterocycles. The molecule has 1 saturated heterocycles. The minimum atomic E-state index is -2.92. The molecule has 2 N–H and O–H groups in total. The van der Waals surface area contributed by atoms with Gasteiger partial charge in [0.25, 0.3) is 0 Å². The smallest absolute Gasteiger partial charge is 0.154 e. The summed E-state index contributed by atoms with van der Waals surface area (Å²) in [4.78, 5) is 6.58. The van der Waals surface area contributed by atoms with Gasteiger partial charge in [0.1, 0.15) is 10.8 Å². The average molecular weight is 285 g/mol. The maximum absolute atomic E-state index is 11.5. The molecule has 1 aromatic rings. The van der Waals surface area contributed by atoms with Crippen LogP contribution in [0, 0.1) is 0 Å². The summed E-state index contributed by atoms with van der Waals surface area (Å²) in [5.41, 5.74) is 6.10. The molecule has 5 nitrogen and oxygen atoms in total. The first-order chi connectivity index (χ1) is 8.39. The maximum atomic E-state index is 11.5. The lowest BCUT2D eigenvalue weighted by atomic mass is 10.2. The van der Waals surface area contributed by atoms with E-state index in [0.29, 0.717) is 12.2 Å². The highest BCUT2D eigenvalue weighted by atomic mass is 32.2. The molecule has 1 fully saturated rings. The number of anilines is 1. The lowest BCUT2D eigenvalue weighted by molar-refractivity contribution is 0.567. The molecular weight excluding hydrogens is 270 g/mol. The highest BCUT2D eigenvalue weighted by molar-refractivity contribution is 7.91. The molecule has 1 atom stereocenters. The predicted molar refractivity (Wildman–Crippen MR) is 75.6 cm³/mol. The molecule has 1 unspecified atom stereocenters. The Balaban J connectivity index is 2.27. The van der Waals surface area contributed by atoms with Gasteiger partial charge in [0.2, 0.25) is 0 Å². The minimum Gasteiger partial charge on any atom is -0.388 e. The van der Waals surface area contributed by atoms with Gasteiger partial charge in [-0.05, 0) is 19.1 Å². The molecular formula is C11H15N3O2S2. The van der Waals surface area contributed by atoms with Crippen molar-refractivity contribution in [3.05, 3.63) is 23.9 Å². The maximum Gasteiger partial charge on any atom is 0.154 e. The van der Waals surface area contributed by atoms with Crippen LogP contribution >= 0.6 is 12.2 Å². The van der Waals surface area contributed by atoms with Crippen LogP contribution < -0.4 is 10.6 Å². The van der Waals surface area contributed by atoms with Crippen LogP contribution in [-0.4, -0.2) is 42.5 Å². The zero-order chi connectivity index (χ0) is 13.3. The number of sulfone groups is 1. The van der Waals surface area contributed by atoms with E-state index in [0.717, 1.165) is 5.82 Å². The lowest BCUT2D eigenvalue weighted by Crippen LogP contribution is -2.47. The number of hydrogen-bond acceptors (Lipinski definition) is 5. The quantitative estimate of drug-likeness (QED) is 0.790. The van der Waals surface area contributed by atoms with Crippen LogP contribution in [0.15, 0.2) is 18.2 Å². The summed E-state index contributed by atoms with van der Waals surface area (Å²) in [7, 11) is -2.92. The summed E-state index contributed by atoms with van der Waals surface area (Å²) in [6, 6.07) is 5.33. The number of hydrogen-bond donors (Lipinski definition) is 1. The third-order valence-electron chi connectivity index (χ3n) is 2.95. The van der Waals surface area contributed by atoms with Crippen LogP contribution in [-0.2, 0) is 9.84 Å². The van der Waals surface area contributed by atoms with Crippen molar-refractivity contribution in [2.24, 2.45) is 5.73 Å². The predicted octanol–water partition coefficient (Wildman–Crippen LogP) is 0.339. The standard InChI is InChI=1S/C11H15N3O2S2/c1-8-7-18(15,16)6-5-14(8)10-4-2-3-9(13-10)11(12)17/h2-4,8H,5-7H2,1H3,(H2,12,17). The molecule has 1 aliphatic rings. The van der Waals surface area contributed by atoms with Crippen molar-refractivity contribution in [3.8, 4) is 0 Å². The largest absolute Gasteiger partial charge is 0.388 e. The van der Waals surface area contributed by atoms with E-state index >= 15 is 0 Å². The number of nitrogens with two attached hydrogens (primary N) is 1. The van der Waals surface area contributed by atoms with Gasteiger partial charge < -0.3 is 10.6 Å². The summed E-state index contributed by atoms with van der Waals surface area (Å²) >= 11 is 4.89. The number of aromatic nitrogens is 1. The van der Waals surface area contributed by atoms with Gasteiger partial charge in [0.15, 0.2) is 9.84 Å². The Labute approximate surface area is 112 Å². The first kappa shape index (κ1) is 13.2. The lowest BCUT2D eigenvalue weighted by Gasteiger charge is -2.34. The van der Waals surface area contributed by atoms with Crippen molar-refractivity contribution in [2.75, 3.05) is 23.0 Å². The van der Waals surface area contributed by atoms with Crippen LogP contribution in [0.3, 0.4) is 0 Å². The summed E-state index contributed by atoms with van der Waals surface area (Å²) in [5, 5.41) is 0. The zero-order valence-electron chi connectivity index (χ0n) is 10.0. The molecule has 2 rings (SSSR count). The van der Waals surface area contributed by atoms with Gasteiger partial charge in [-0.2, -0.15) is 0 Å². The summed E-state index contributed by atoms with van der Waals surface area (Å²) in [6.45, 7) is 2.34. The van der Waals surface area contributed by atoms with Crippen molar-refractivity contribution in [1.82, 2.24) is 4.98 Å². The SMILES string of the molecule is CC1CS(=O)(=O)CCN1c1cccc(C(N)=S)n1. The Morgan fingerprint density at radius 2 is 2.28 bits per heavy atom. The summed E-state index contributed by atoms with van der Waals surface area (Å²) in [5.74, 6) is 1.05. The molecule has 0 bridgehead atoms. The second-order valence-corrected chi connectivity index (χ2v) is 7.07. The van der Waals surface area contributed by atoms with E-state index in [4.69, 9.17) is 18.0 Å². The van der Waals surface area contributed by atoms with E-state index in [2.05, 4.69) is 4.98 Å². The Morgan fingerprint density at radius 1 is 1.56 bits per heavy atom. The molecule has 98 valence electrons. The summed E-state index contributed by atoms with van der Waals surface area (Å²) in [6.07, 6.45) is 0. The summed E-state index contributed by atoms with van der Waals surface area (Å²) < 4.78 is 23.1. The second kappa shape index (κ2) is 4.81. The van der Waals surface area contributed by atoms with Crippen molar-refractivity contribution < 1.29 is 8.42 Å². The zero-order valence-corrected chi connectivity index (χ0v) is 11.7. The Morgan fingerprint density at radius 3 is 2.89 bits per heavy atom. The van der Waals surface area contributed by atoms with Crippen LogP contribution in [0.4, 0.5) is 5.82 Å². The monoisotopic (exact) mass is 285 g/mol. The fourth-order valence-corrected chi connectivity index (χ4v) is 3.73. The molecule has 1 aromatic heterocycles. The number of rotatable bonds is 2. The molecule has 0 spiro atoms. The molecule has 0 saturated carbocycles. The molecule has 0 radical (unpaired) electrons. The van der Waals surface area contributed by atoms with Crippen molar-refractivity contribution in [2.45, 2.75) is 13.0 Å². The molecule has 0 amide bonds. The normalized spacial score (nSPS) is 22.7. The Bertz CT molecular complexity index is 571. The molecule has 0 aliphatic carbocycles. The van der Waals surface area contributed by atoms with E-state index in [-0.39, 0.29) is 22.5 Å². The van der Waals surface area contributed by atoms with Crippen LogP contribution in [0.25, 0.3) is 0 Å². The molecule has 1 aliphatic heterocycles. The topological polar surface area (TPSA) is 76.3 Å². The molecule has 18 heavy (non-hydrogen) atoms. The van der Waals surface area contributed by atoms with Crippen molar-refractivity contribution in [3.63, 3.8) is 0 Å². The average Bonchev–Trinajstić information content (AvgIpc) is 2.28. The van der Waals surface area contributed by atoms with Gasteiger partial charge in [0.05, 0.1) is 17.2 Å². The van der Waals surface area contributed by atoms with Gasteiger partial charge in [-0.15, -0.1) is 0 Å². The van der Waals surface area contributed by atoms with E-state index in [1.54, 1.807) is 6.07 Å². The highest BCUT2D eigenvalue weighted by Crippen LogP contribution is 2.19. The van der Waals surface area contributed by atoms with Crippen molar-refractivity contribution in [1.29, 1.82) is 0 Å². The third-order valence-corrected chi connectivity index (χ3v) is 4.96. The fourth-order valence-electron chi connectivity index (χ4n) is 2.06. The Hall–Kier alpha value is -1.21. The van der Waals surface area contributed by atoms with Crippen LogP contribution in [0.1, 0.15) is 12.6 Å². The fraction of sp³-hybridized carbons (Fsp3) is 0.455. The van der Waals surface area contributed by atoms with E-state index in [9.17, 15) is 8.42 Å². The third kappa shape index (κ3) is 2.78. The second-order valence-electron chi connectivity index (χ2n) is 4.40. The highest BCUT2D eigenvalue weighted by Gasteiger charge is 2.28. The van der Waals surface area contributed by atoms with Crippen LogP contribution in [0.5, 0.6) is 0 Å². The van der Waals surface area contributed by atoms with Gasteiger partial charge >= 0.3 is 0 Å². The molecule has 0 aromatic carbocycles. The minimum absolute atomic E-state index is 0.0853. The van der Waals surface area contributed by atoms with E-state index in [1.807, 2.05) is 24.0 Å². The molecule has 7 heteroatoms. The van der Waals surface area contributed by atoms with Gasteiger partial charge in [-0.3, -0.25) is 0 Å². The van der Waals surface area contributed by atoms with Gasteiger partial charge in [-0.1, -0.05) is 18.3 Å². The van der Waals surface area contributed by atoms with Gasteiger partial charge in [-0.25, -0.2) is 13.4 Å². The van der Waals surface area contributed by atoms with E-state index < -0.39 is 9.84 Å². The number of pyridine rings is 1. The van der Waals surface area contributed by atoms with Gasteiger partial charge in [0, 0.05) is 12.6 Å². The number of thiocarbonyl (C=S) groups is 1. The first-order valence-corrected chi connectivity index (χ1v) is 7.86. The Kier molecular flexibility index (Phi) is 3.54. The van der Waals surface area contributed by atoms with E-state index in [1.165, 1.54) is 0 Å². The first-order valence-electron chi connectivity index (χ1n) is 5.63. The van der Waals surface area contributed by atoms with Crippen LogP contribution in [0.2, 0.25) is 0 Å².